The number of nitrogens with one attached hydrogen (secondary N) is 1. The lowest BCUT2D eigenvalue weighted by atomic mass is 10.1. The Balaban J connectivity index is 1.96. The van der Waals surface area contributed by atoms with Crippen molar-refractivity contribution < 1.29 is 4.79 Å². The van der Waals surface area contributed by atoms with E-state index < -0.39 is 0 Å². The normalized spacial score (nSPS) is 9.67. The highest BCUT2D eigenvalue weighted by Gasteiger charge is 2.04. The van der Waals surface area contributed by atoms with Gasteiger partial charge in [-0.3, -0.25) is 4.79 Å². The predicted octanol–water partition coefficient (Wildman–Crippen LogP) is 3.74. The van der Waals surface area contributed by atoms with Gasteiger partial charge in [0.15, 0.2) is 0 Å². The van der Waals surface area contributed by atoms with Crippen LogP contribution in [0.25, 0.3) is 0 Å². The maximum Gasteiger partial charge on any atom is 0.252 e. The second-order valence-electron chi connectivity index (χ2n) is 4.76. The zero-order valence-electron chi connectivity index (χ0n) is 12.0. The van der Waals surface area contributed by atoms with Gasteiger partial charge in [-0.1, -0.05) is 41.6 Å². The molecule has 2 aromatic rings. The number of amides is 1. The van der Waals surface area contributed by atoms with Gasteiger partial charge in [0.2, 0.25) is 0 Å². The molecule has 2 nitrogen and oxygen atoms in total. The van der Waals surface area contributed by atoms with Gasteiger partial charge in [-0.15, -0.1) is 0 Å². The molecule has 2 aromatic carbocycles. The molecule has 0 fully saturated rings. The first-order chi connectivity index (χ1) is 10.1. The van der Waals surface area contributed by atoms with Crippen molar-refractivity contribution in [3.8, 4) is 11.8 Å². The summed E-state index contributed by atoms with van der Waals surface area (Å²) in [5, 5.41) is 3.40. The van der Waals surface area contributed by atoms with E-state index in [4.69, 9.17) is 11.6 Å². The van der Waals surface area contributed by atoms with Gasteiger partial charge < -0.3 is 5.32 Å². The zero-order chi connectivity index (χ0) is 15.2. The highest BCUT2D eigenvalue weighted by molar-refractivity contribution is 6.31. The van der Waals surface area contributed by atoms with Gasteiger partial charge >= 0.3 is 0 Å². The third-order valence-corrected chi connectivity index (χ3v) is 3.53. The molecular formula is C18H16ClNO. The quantitative estimate of drug-likeness (QED) is 0.841. The first-order valence-corrected chi connectivity index (χ1v) is 7.04. The molecule has 0 unspecified atom stereocenters. The Bertz CT molecular complexity index is 725. The average Bonchev–Trinajstić information content (AvgIpc) is 2.48. The molecule has 1 amide bonds. The lowest BCUT2D eigenvalue weighted by Gasteiger charge is -2.04. The van der Waals surface area contributed by atoms with Crippen molar-refractivity contribution in [2.24, 2.45) is 0 Å². The molecule has 0 aromatic heterocycles. The van der Waals surface area contributed by atoms with Crippen molar-refractivity contribution in [1.29, 1.82) is 0 Å². The number of carbonyl (C=O) groups is 1. The van der Waals surface area contributed by atoms with Crippen LogP contribution in [-0.2, 0) is 0 Å². The largest absolute Gasteiger partial charge is 0.341 e. The third-order valence-electron chi connectivity index (χ3n) is 3.20. The number of hydrogen-bond acceptors (Lipinski definition) is 1. The first kappa shape index (κ1) is 15.2. The molecule has 0 radical (unpaired) electrons. The van der Waals surface area contributed by atoms with E-state index in [0.717, 1.165) is 11.1 Å². The Morgan fingerprint density at radius 1 is 1.14 bits per heavy atom. The Morgan fingerprint density at radius 2 is 1.90 bits per heavy atom. The molecule has 1 N–H and O–H groups in total. The molecule has 0 saturated heterocycles. The Kier molecular flexibility index (Phi) is 5.03. The molecule has 21 heavy (non-hydrogen) atoms. The van der Waals surface area contributed by atoms with Gasteiger partial charge in [-0.05, 0) is 49.2 Å². The van der Waals surface area contributed by atoms with E-state index in [1.807, 2.05) is 50.2 Å². The van der Waals surface area contributed by atoms with Gasteiger partial charge in [0.25, 0.3) is 5.91 Å². The van der Waals surface area contributed by atoms with E-state index in [1.54, 1.807) is 6.07 Å². The van der Waals surface area contributed by atoms with Crippen LogP contribution in [0.1, 0.15) is 27.0 Å². The van der Waals surface area contributed by atoms with E-state index in [0.29, 0.717) is 10.6 Å². The minimum absolute atomic E-state index is 0.119. The van der Waals surface area contributed by atoms with E-state index in [1.165, 1.54) is 5.56 Å². The van der Waals surface area contributed by atoms with Crippen molar-refractivity contribution in [3.05, 3.63) is 69.7 Å². The summed E-state index contributed by atoms with van der Waals surface area (Å²) in [7, 11) is 0. The van der Waals surface area contributed by atoms with E-state index in [2.05, 4.69) is 17.2 Å². The van der Waals surface area contributed by atoms with Crippen LogP contribution in [0.15, 0.2) is 42.5 Å². The summed E-state index contributed by atoms with van der Waals surface area (Å²) in [4.78, 5) is 12.0. The van der Waals surface area contributed by atoms with Crippen molar-refractivity contribution in [2.45, 2.75) is 13.8 Å². The van der Waals surface area contributed by atoms with Crippen LogP contribution < -0.4 is 5.32 Å². The molecular weight excluding hydrogens is 282 g/mol. The molecule has 0 aliphatic carbocycles. The third kappa shape index (κ3) is 4.11. The van der Waals surface area contributed by atoms with Gasteiger partial charge in [-0.25, -0.2) is 0 Å². The maximum absolute atomic E-state index is 12.0. The van der Waals surface area contributed by atoms with Crippen LogP contribution in [0.2, 0.25) is 5.02 Å². The van der Waals surface area contributed by atoms with Gasteiger partial charge in [0.1, 0.15) is 0 Å². The second kappa shape index (κ2) is 6.97. The number of aryl methyl sites for hydroxylation is 2. The van der Waals surface area contributed by atoms with Gasteiger partial charge in [-0.2, -0.15) is 0 Å². The summed E-state index contributed by atoms with van der Waals surface area (Å²) in [6, 6.07) is 13.0. The number of carbonyl (C=O) groups excluding carboxylic acids is 1. The predicted molar refractivity (Wildman–Crippen MR) is 86.6 cm³/mol. The molecule has 0 heterocycles. The van der Waals surface area contributed by atoms with E-state index in [-0.39, 0.29) is 12.5 Å². The van der Waals surface area contributed by atoms with Crippen LogP contribution in [0, 0.1) is 25.7 Å². The van der Waals surface area contributed by atoms with Crippen LogP contribution >= 0.6 is 11.6 Å². The summed E-state index contributed by atoms with van der Waals surface area (Å²) < 4.78 is 0. The SMILES string of the molecule is Cc1ccc(C(=O)NCC#Cc2ccccc2Cl)cc1C. The highest BCUT2D eigenvalue weighted by atomic mass is 35.5. The maximum atomic E-state index is 12.0. The summed E-state index contributed by atoms with van der Waals surface area (Å²) in [5.41, 5.74) is 3.69. The van der Waals surface area contributed by atoms with Crippen molar-refractivity contribution in [3.63, 3.8) is 0 Å². The molecule has 0 bridgehead atoms. The van der Waals surface area contributed by atoms with Crippen molar-refractivity contribution in [2.75, 3.05) is 6.54 Å². The minimum atomic E-state index is -0.119. The summed E-state index contributed by atoms with van der Waals surface area (Å²) in [5.74, 6) is 5.73. The molecule has 2 rings (SSSR count). The van der Waals surface area contributed by atoms with Crippen LogP contribution in [0.4, 0.5) is 0 Å². The topological polar surface area (TPSA) is 29.1 Å². The average molecular weight is 298 g/mol. The van der Waals surface area contributed by atoms with Crippen LogP contribution in [-0.4, -0.2) is 12.5 Å². The molecule has 0 saturated carbocycles. The van der Waals surface area contributed by atoms with Crippen molar-refractivity contribution in [1.82, 2.24) is 5.32 Å². The lowest BCUT2D eigenvalue weighted by Crippen LogP contribution is -2.23. The monoisotopic (exact) mass is 297 g/mol. The van der Waals surface area contributed by atoms with Gasteiger partial charge in [0, 0.05) is 11.1 Å². The Morgan fingerprint density at radius 3 is 2.62 bits per heavy atom. The molecule has 0 atom stereocenters. The summed E-state index contributed by atoms with van der Waals surface area (Å²) in [6.45, 7) is 4.30. The molecule has 0 aliphatic rings. The number of benzene rings is 2. The fraction of sp³-hybridized carbons (Fsp3) is 0.167. The number of hydrogen-bond donors (Lipinski definition) is 1. The smallest absolute Gasteiger partial charge is 0.252 e. The first-order valence-electron chi connectivity index (χ1n) is 6.67. The van der Waals surface area contributed by atoms with E-state index >= 15 is 0 Å². The minimum Gasteiger partial charge on any atom is -0.341 e. The van der Waals surface area contributed by atoms with Crippen molar-refractivity contribution >= 4 is 17.5 Å². The molecule has 106 valence electrons. The zero-order valence-corrected chi connectivity index (χ0v) is 12.8. The van der Waals surface area contributed by atoms with Crippen LogP contribution in [0.3, 0.4) is 0 Å². The highest BCUT2D eigenvalue weighted by Crippen LogP contribution is 2.13. The standard InChI is InChI=1S/C18H16ClNO/c1-13-9-10-16(12-14(13)2)18(21)20-11-5-7-15-6-3-4-8-17(15)19/h3-4,6,8-10,12H,11H2,1-2H3,(H,20,21). The second-order valence-corrected chi connectivity index (χ2v) is 5.17. The molecule has 0 aliphatic heterocycles. The number of rotatable bonds is 2. The molecule has 3 heteroatoms. The number of halogens is 1. The summed E-state index contributed by atoms with van der Waals surface area (Å²) in [6.07, 6.45) is 0. The fourth-order valence-corrected chi connectivity index (χ4v) is 1.99. The fourth-order valence-electron chi connectivity index (χ4n) is 1.81. The molecule has 0 spiro atoms. The Hall–Kier alpha value is -2.24. The Labute approximate surface area is 130 Å². The summed E-state index contributed by atoms with van der Waals surface area (Å²) >= 11 is 6.00. The van der Waals surface area contributed by atoms with E-state index in [9.17, 15) is 4.79 Å². The van der Waals surface area contributed by atoms with Gasteiger partial charge in [0.05, 0.1) is 11.6 Å². The van der Waals surface area contributed by atoms with Crippen LogP contribution in [0.5, 0.6) is 0 Å². The lowest BCUT2D eigenvalue weighted by molar-refractivity contribution is 0.0958.